The van der Waals surface area contributed by atoms with Crippen LogP contribution in [0.1, 0.15) is 22.3 Å². The molecule has 0 N–H and O–H groups in total. The molecule has 0 saturated heterocycles. The molecule has 1 aliphatic carbocycles. The third-order valence-corrected chi connectivity index (χ3v) is 9.23. The monoisotopic (exact) mass is 518 g/mol. The molecule has 0 fully saturated rings. The van der Waals surface area contributed by atoms with Crippen molar-refractivity contribution in [3.8, 4) is 11.1 Å². The standard InChI is InChI=1S/C41H26/c1-3-11-29-23-33-25-35(19-17-31(33)21-27(29)9-1)41(39-15-7-5-13-37(39)38-14-6-8-16-40(38)41)36-20-18-32-22-28-10-2-4-12-30(28)24-34(32)26-36/h1-26H. The van der Waals surface area contributed by atoms with Crippen LogP contribution in [0.25, 0.3) is 54.2 Å². The zero-order valence-electron chi connectivity index (χ0n) is 22.5. The second kappa shape index (κ2) is 8.40. The van der Waals surface area contributed by atoms with Crippen molar-refractivity contribution in [1.29, 1.82) is 0 Å². The van der Waals surface area contributed by atoms with Gasteiger partial charge in [-0.1, -0.05) is 121 Å². The summed E-state index contributed by atoms with van der Waals surface area (Å²) >= 11 is 0. The SMILES string of the molecule is c1ccc2c(c1)-c1ccccc1C2(c1ccc2cc3ccccc3cc2c1)c1ccc2cc3ccccc3cc2c1. The van der Waals surface area contributed by atoms with Crippen LogP contribution in [0.15, 0.2) is 158 Å². The Labute approximate surface area is 239 Å². The maximum absolute atomic E-state index is 2.44. The average molecular weight is 519 g/mol. The topological polar surface area (TPSA) is 0 Å². The van der Waals surface area contributed by atoms with Gasteiger partial charge >= 0.3 is 0 Å². The lowest BCUT2D eigenvalue weighted by Crippen LogP contribution is -2.28. The molecule has 1 aliphatic rings. The smallest absolute Gasteiger partial charge is 0.0619 e. The second-order valence-electron chi connectivity index (χ2n) is 11.4. The molecule has 8 aromatic carbocycles. The first-order valence-electron chi connectivity index (χ1n) is 14.3. The minimum Gasteiger partial charge on any atom is -0.0619 e. The summed E-state index contributed by atoms with van der Waals surface area (Å²) in [5.74, 6) is 0. The van der Waals surface area contributed by atoms with Crippen molar-refractivity contribution in [3.05, 3.63) is 180 Å². The number of hydrogen-bond acceptors (Lipinski definition) is 0. The molecule has 0 heterocycles. The van der Waals surface area contributed by atoms with Crippen LogP contribution in [-0.4, -0.2) is 0 Å². The molecule has 0 heteroatoms. The summed E-state index contributed by atoms with van der Waals surface area (Å²) in [5, 5.41) is 10.2. The van der Waals surface area contributed by atoms with Gasteiger partial charge in [-0.25, -0.2) is 0 Å². The molecule has 8 aromatic rings. The van der Waals surface area contributed by atoms with Crippen LogP contribution in [-0.2, 0) is 5.41 Å². The van der Waals surface area contributed by atoms with Crippen molar-refractivity contribution in [2.75, 3.05) is 0 Å². The van der Waals surface area contributed by atoms with E-state index in [1.165, 1.54) is 76.5 Å². The Morgan fingerprint density at radius 2 is 0.610 bits per heavy atom. The van der Waals surface area contributed by atoms with Crippen molar-refractivity contribution in [2.24, 2.45) is 0 Å². The van der Waals surface area contributed by atoms with Crippen LogP contribution in [0, 0.1) is 0 Å². The summed E-state index contributed by atoms with van der Waals surface area (Å²) in [6.07, 6.45) is 0. The molecule has 0 amide bonds. The molecule has 0 radical (unpaired) electrons. The summed E-state index contributed by atoms with van der Waals surface area (Å²) in [6, 6.07) is 58.9. The van der Waals surface area contributed by atoms with E-state index in [1.54, 1.807) is 0 Å². The van der Waals surface area contributed by atoms with Crippen LogP contribution in [0.4, 0.5) is 0 Å². The van der Waals surface area contributed by atoms with Crippen molar-refractivity contribution in [2.45, 2.75) is 5.41 Å². The van der Waals surface area contributed by atoms with Gasteiger partial charge in [-0.3, -0.25) is 0 Å². The molecule has 41 heavy (non-hydrogen) atoms. The van der Waals surface area contributed by atoms with E-state index in [0.29, 0.717) is 0 Å². The van der Waals surface area contributed by atoms with Crippen molar-refractivity contribution < 1.29 is 0 Å². The third kappa shape index (κ3) is 3.16. The van der Waals surface area contributed by atoms with E-state index in [-0.39, 0.29) is 0 Å². The molecule has 0 spiro atoms. The first-order chi connectivity index (χ1) is 20.3. The molecule has 0 bridgehead atoms. The van der Waals surface area contributed by atoms with E-state index in [1.807, 2.05) is 0 Å². The molecule has 0 saturated carbocycles. The van der Waals surface area contributed by atoms with E-state index in [9.17, 15) is 0 Å². The Morgan fingerprint density at radius 3 is 1.05 bits per heavy atom. The summed E-state index contributed by atoms with van der Waals surface area (Å²) in [5.41, 5.74) is 7.52. The predicted octanol–water partition coefficient (Wildman–Crippen LogP) is 10.7. The lowest BCUT2D eigenvalue weighted by molar-refractivity contribution is 0.771. The molecule has 0 atom stereocenters. The normalized spacial score (nSPS) is 13.6. The Bertz CT molecular complexity index is 2150. The third-order valence-electron chi connectivity index (χ3n) is 9.23. The van der Waals surface area contributed by atoms with Crippen molar-refractivity contribution in [3.63, 3.8) is 0 Å². The Hall–Kier alpha value is -5.20. The second-order valence-corrected chi connectivity index (χ2v) is 11.4. The molecular weight excluding hydrogens is 492 g/mol. The molecule has 0 aliphatic heterocycles. The molecule has 9 rings (SSSR count). The van der Waals surface area contributed by atoms with Gasteiger partial charge in [0.2, 0.25) is 0 Å². The highest BCUT2D eigenvalue weighted by molar-refractivity contribution is 6.01. The van der Waals surface area contributed by atoms with Crippen LogP contribution >= 0.6 is 0 Å². The molecular formula is C41H26. The predicted molar refractivity (Wildman–Crippen MR) is 174 cm³/mol. The van der Waals surface area contributed by atoms with E-state index in [4.69, 9.17) is 0 Å². The van der Waals surface area contributed by atoms with Gasteiger partial charge in [0.15, 0.2) is 0 Å². The van der Waals surface area contributed by atoms with Crippen LogP contribution in [0.2, 0.25) is 0 Å². The fourth-order valence-corrected chi connectivity index (χ4v) is 7.37. The summed E-state index contributed by atoms with van der Waals surface area (Å²) in [4.78, 5) is 0. The van der Waals surface area contributed by atoms with Crippen molar-refractivity contribution in [1.82, 2.24) is 0 Å². The minimum atomic E-state index is -0.424. The van der Waals surface area contributed by atoms with Gasteiger partial charge < -0.3 is 0 Å². The molecule has 0 unspecified atom stereocenters. The van der Waals surface area contributed by atoms with E-state index < -0.39 is 5.41 Å². The number of benzene rings is 8. The number of fused-ring (bicyclic) bond motifs is 7. The first-order valence-corrected chi connectivity index (χ1v) is 14.3. The maximum atomic E-state index is 2.44. The summed E-state index contributed by atoms with van der Waals surface area (Å²) < 4.78 is 0. The molecule has 0 aromatic heterocycles. The highest BCUT2D eigenvalue weighted by atomic mass is 14.5. The van der Waals surface area contributed by atoms with Gasteiger partial charge in [0.25, 0.3) is 0 Å². The lowest BCUT2D eigenvalue weighted by atomic mass is 9.67. The maximum Gasteiger partial charge on any atom is 0.0714 e. The Morgan fingerprint density at radius 1 is 0.268 bits per heavy atom. The van der Waals surface area contributed by atoms with Crippen LogP contribution < -0.4 is 0 Å². The quantitative estimate of drug-likeness (QED) is 0.200. The zero-order chi connectivity index (χ0) is 27.0. The lowest BCUT2D eigenvalue weighted by Gasteiger charge is -2.34. The number of hydrogen-bond donors (Lipinski definition) is 0. The zero-order valence-corrected chi connectivity index (χ0v) is 22.5. The van der Waals surface area contributed by atoms with Gasteiger partial charge in [0, 0.05) is 0 Å². The first kappa shape index (κ1) is 22.6. The van der Waals surface area contributed by atoms with Gasteiger partial charge in [0.05, 0.1) is 5.41 Å². The summed E-state index contributed by atoms with van der Waals surface area (Å²) in [7, 11) is 0. The highest BCUT2D eigenvalue weighted by Crippen LogP contribution is 2.56. The van der Waals surface area contributed by atoms with Gasteiger partial charge in [-0.05, 0) is 113 Å². The van der Waals surface area contributed by atoms with Crippen LogP contribution in [0.3, 0.4) is 0 Å². The van der Waals surface area contributed by atoms with Crippen LogP contribution in [0.5, 0.6) is 0 Å². The summed E-state index contributed by atoms with van der Waals surface area (Å²) in [6.45, 7) is 0. The fourth-order valence-electron chi connectivity index (χ4n) is 7.37. The Balaban J connectivity index is 1.40. The van der Waals surface area contributed by atoms with Gasteiger partial charge in [-0.15, -0.1) is 0 Å². The van der Waals surface area contributed by atoms with Gasteiger partial charge in [-0.2, -0.15) is 0 Å². The average Bonchev–Trinajstić information content (AvgIpc) is 3.33. The Kier molecular flexibility index (Phi) is 4.63. The largest absolute Gasteiger partial charge is 0.0714 e. The van der Waals surface area contributed by atoms with Gasteiger partial charge in [0.1, 0.15) is 0 Å². The highest BCUT2D eigenvalue weighted by Gasteiger charge is 2.46. The number of rotatable bonds is 2. The molecule has 0 nitrogen and oxygen atoms in total. The minimum absolute atomic E-state index is 0.424. The van der Waals surface area contributed by atoms with E-state index >= 15 is 0 Å². The fraction of sp³-hybridized carbons (Fsp3) is 0.0244. The van der Waals surface area contributed by atoms with Crippen molar-refractivity contribution >= 4 is 43.1 Å². The molecule has 190 valence electrons. The van der Waals surface area contributed by atoms with E-state index in [2.05, 4.69) is 158 Å². The van der Waals surface area contributed by atoms with E-state index in [0.717, 1.165) is 0 Å².